The molecule has 3 rings (SSSR count). The first-order valence-corrected chi connectivity index (χ1v) is 7.64. The number of hydrogen-bond acceptors (Lipinski definition) is 4. The Labute approximate surface area is 130 Å². The van der Waals surface area contributed by atoms with E-state index < -0.39 is 16.2 Å². The SMILES string of the molecule is CN1N=C2C(C)(CCC3C(C)(C)C(=O)C(C#N)=CC23C)C1=O. The predicted octanol–water partition coefficient (Wildman–Crippen LogP) is 2.30. The second-order valence-corrected chi connectivity index (χ2v) is 7.70. The van der Waals surface area contributed by atoms with E-state index in [1.165, 1.54) is 5.01 Å². The fourth-order valence-corrected chi connectivity index (χ4v) is 4.82. The molecule has 0 spiro atoms. The fraction of sp³-hybridized carbons (Fsp3) is 0.647. The van der Waals surface area contributed by atoms with E-state index >= 15 is 0 Å². The fourth-order valence-electron chi connectivity index (χ4n) is 4.82. The highest BCUT2D eigenvalue weighted by Crippen LogP contribution is 2.59. The Morgan fingerprint density at radius 2 is 1.95 bits per heavy atom. The average molecular weight is 299 g/mol. The lowest BCUT2D eigenvalue weighted by Gasteiger charge is -2.53. The summed E-state index contributed by atoms with van der Waals surface area (Å²) in [6.45, 7) is 7.77. The number of amides is 1. The maximum absolute atomic E-state index is 12.6. The van der Waals surface area contributed by atoms with Crippen LogP contribution in [0.5, 0.6) is 0 Å². The molecule has 3 atom stereocenters. The molecule has 3 unspecified atom stereocenters. The normalized spacial score (nSPS) is 39.6. The summed E-state index contributed by atoms with van der Waals surface area (Å²) in [7, 11) is 1.67. The summed E-state index contributed by atoms with van der Waals surface area (Å²) in [5.41, 5.74) is -0.777. The van der Waals surface area contributed by atoms with Gasteiger partial charge >= 0.3 is 0 Å². The van der Waals surface area contributed by atoms with E-state index in [9.17, 15) is 14.9 Å². The summed E-state index contributed by atoms with van der Waals surface area (Å²) in [6.07, 6.45) is 3.23. The highest BCUT2D eigenvalue weighted by atomic mass is 16.2. The molecule has 0 saturated heterocycles. The van der Waals surface area contributed by atoms with Gasteiger partial charge in [-0.25, -0.2) is 5.01 Å². The Kier molecular flexibility index (Phi) is 2.76. The minimum atomic E-state index is -0.622. The van der Waals surface area contributed by atoms with Crippen molar-refractivity contribution < 1.29 is 9.59 Å². The number of Topliss-reactive ketones (excluding diaryl/α,β-unsaturated/α-hetero) is 1. The second kappa shape index (κ2) is 4.07. The van der Waals surface area contributed by atoms with Gasteiger partial charge in [0.25, 0.3) is 5.91 Å². The lowest BCUT2D eigenvalue weighted by Crippen LogP contribution is -2.57. The zero-order chi connectivity index (χ0) is 16.5. The minimum Gasteiger partial charge on any atom is -0.293 e. The maximum atomic E-state index is 12.6. The largest absolute Gasteiger partial charge is 0.293 e. The van der Waals surface area contributed by atoms with Crippen LogP contribution in [0.3, 0.4) is 0 Å². The minimum absolute atomic E-state index is 0.00351. The summed E-state index contributed by atoms with van der Waals surface area (Å²) >= 11 is 0. The van der Waals surface area contributed by atoms with E-state index in [0.29, 0.717) is 6.42 Å². The van der Waals surface area contributed by atoms with Gasteiger partial charge in [-0.3, -0.25) is 9.59 Å². The van der Waals surface area contributed by atoms with Crippen molar-refractivity contribution in [1.29, 1.82) is 5.26 Å². The van der Waals surface area contributed by atoms with E-state index in [0.717, 1.165) is 12.1 Å². The van der Waals surface area contributed by atoms with Crippen LogP contribution in [0.2, 0.25) is 0 Å². The van der Waals surface area contributed by atoms with Crippen LogP contribution >= 0.6 is 0 Å². The van der Waals surface area contributed by atoms with Gasteiger partial charge in [-0.2, -0.15) is 10.4 Å². The number of nitriles is 1. The summed E-state index contributed by atoms with van der Waals surface area (Å²) in [4.78, 5) is 25.1. The number of hydrogen-bond donors (Lipinski definition) is 0. The number of carbonyl (C=O) groups excluding carboxylic acids is 2. The lowest BCUT2D eigenvalue weighted by molar-refractivity contribution is -0.136. The molecule has 22 heavy (non-hydrogen) atoms. The van der Waals surface area contributed by atoms with Gasteiger partial charge in [0, 0.05) is 17.9 Å². The van der Waals surface area contributed by atoms with Crippen molar-refractivity contribution in [2.45, 2.75) is 40.5 Å². The molecular weight excluding hydrogens is 278 g/mol. The Bertz CT molecular complexity index is 697. The molecule has 2 aliphatic carbocycles. The summed E-state index contributed by atoms with van der Waals surface area (Å²) in [6, 6.07) is 2.04. The molecule has 0 aromatic heterocycles. The molecule has 5 nitrogen and oxygen atoms in total. The van der Waals surface area contributed by atoms with Gasteiger partial charge in [0.15, 0.2) is 5.78 Å². The molecule has 0 radical (unpaired) electrons. The topological polar surface area (TPSA) is 73.5 Å². The summed E-state index contributed by atoms with van der Waals surface area (Å²) in [5.74, 6) is -0.0427. The Hall–Kier alpha value is -1.96. The lowest BCUT2D eigenvalue weighted by atomic mass is 9.47. The zero-order valence-corrected chi connectivity index (χ0v) is 13.7. The summed E-state index contributed by atoms with van der Waals surface area (Å²) < 4.78 is 0. The molecule has 1 fully saturated rings. The van der Waals surface area contributed by atoms with Crippen LogP contribution in [-0.2, 0) is 9.59 Å². The standard InChI is InChI=1S/C17H21N3O2/c1-15(2)11-6-7-16(3)13(19-20(5)14(16)22)17(11,4)8-10(9-18)12(15)21/h8,11H,6-7H2,1-5H3. The second-order valence-electron chi connectivity index (χ2n) is 7.70. The summed E-state index contributed by atoms with van der Waals surface area (Å²) in [5, 5.41) is 15.3. The van der Waals surface area contributed by atoms with Crippen LogP contribution in [0.1, 0.15) is 40.5 Å². The van der Waals surface area contributed by atoms with Crippen molar-refractivity contribution in [2.24, 2.45) is 27.3 Å². The molecule has 3 aliphatic rings. The molecule has 0 bridgehead atoms. The number of allylic oxidation sites excluding steroid dienone is 2. The van der Waals surface area contributed by atoms with Crippen molar-refractivity contribution in [2.75, 3.05) is 7.05 Å². The van der Waals surface area contributed by atoms with E-state index in [-0.39, 0.29) is 23.2 Å². The van der Waals surface area contributed by atoms with Gasteiger partial charge in [0.05, 0.1) is 16.7 Å². The van der Waals surface area contributed by atoms with Crippen molar-refractivity contribution >= 4 is 17.4 Å². The Balaban J connectivity index is 2.25. The maximum Gasteiger partial charge on any atom is 0.254 e. The van der Waals surface area contributed by atoms with Crippen LogP contribution in [0, 0.1) is 33.5 Å². The van der Waals surface area contributed by atoms with Gasteiger partial charge in [0.2, 0.25) is 0 Å². The van der Waals surface area contributed by atoms with E-state index in [1.807, 2.05) is 33.8 Å². The Morgan fingerprint density at radius 3 is 2.55 bits per heavy atom. The van der Waals surface area contributed by atoms with Crippen LogP contribution in [0.25, 0.3) is 0 Å². The third-order valence-electron chi connectivity index (χ3n) is 5.97. The third-order valence-corrected chi connectivity index (χ3v) is 5.97. The van der Waals surface area contributed by atoms with Crippen LogP contribution in [-0.4, -0.2) is 29.5 Å². The van der Waals surface area contributed by atoms with Crippen molar-refractivity contribution in [3.63, 3.8) is 0 Å². The van der Waals surface area contributed by atoms with Gasteiger partial charge in [-0.15, -0.1) is 0 Å². The third kappa shape index (κ3) is 1.50. The molecular formula is C17H21N3O2. The zero-order valence-electron chi connectivity index (χ0n) is 13.7. The monoisotopic (exact) mass is 299 g/mol. The number of rotatable bonds is 0. The average Bonchev–Trinajstić information content (AvgIpc) is 2.68. The number of ketones is 1. The molecule has 1 aliphatic heterocycles. The van der Waals surface area contributed by atoms with E-state index in [2.05, 4.69) is 5.10 Å². The molecule has 0 N–H and O–H groups in total. The molecule has 0 aromatic rings. The van der Waals surface area contributed by atoms with Crippen LogP contribution in [0.4, 0.5) is 0 Å². The quantitative estimate of drug-likeness (QED) is 0.689. The molecule has 0 aromatic carbocycles. The van der Waals surface area contributed by atoms with Crippen LogP contribution in [0.15, 0.2) is 16.8 Å². The molecule has 1 saturated carbocycles. The number of fused-ring (bicyclic) bond motifs is 3. The number of nitrogens with zero attached hydrogens (tertiary/aromatic N) is 3. The molecule has 116 valence electrons. The molecule has 5 heteroatoms. The Morgan fingerprint density at radius 1 is 1.32 bits per heavy atom. The highest BCUT2D eigenvalue weighted by molar-refractivity contribution is 6.17. The van der Waals surface area contributed by atoms with Crippen molar-refractivity contribution in [3.05, 3.63) is 11.6 Å². The van der Waals surface area contributed by atoms with Crippen molar-refractivity contribution in [3.8, 4) is 6.07 Å². The number of carbonyl (C=O) groups is 2. The van der Waals surface area contributed by atoms with Crippen molar-refractivity contribution in [1.82, 2.24) is 5.01 Å². The van der Waals surface area contributed by atoms with Gasteiger partial charge < -0.3 is 0 Å². The molecule has 1 amide bonds. The predicted molar refractivity (Wildman–Crippen MR) is 81.6 cm³/mol. The van der Waals surface area contributed by atoms with Crippen LogP contribution < -0.4 is 0 Å². The first kappa shape index (κ1) is 15.0. The van der Waals surface area contributed by atoms with E-state index in [1.54, 1.807) is 13.1 Å². The number of hydrazone groups is 1. The highest BCUT2D eigenvalue weighted by Gasteiger charge is 2.63. The smallest absolute Gasteiger partial charge is 0.254 e. The first-order chi connectivity index (χ1) is 10.1. The molecule has 1 heterocycles. The first-order valence-electron chi connectivity index (χ1n) is 7.64. The van der Waals surface area contributed by atoms with Gasteiger partial charge in [0.1, 0.15) is 6.07 Å². The van der Waals surface area contributed by atoms with E-state index in [4.69, 9.17) is 0 Å². The van der Waals surface area contributed by atoms with Gasteiger partial charge in [-0.05, 0) is 25.7 Å². The van der Waals surface area contributed by atoms with Gasteiger partial charge in [-0.1, -0.05) is 26.8 Å².